The minimum absolute atomic E-state index is 0.525. The Bertz CT molecular complexity index is 183. The number of hydrogen-bond acceptors (Lipinski definition) is 6. The Hall–Kier alpha value is -0.790. The Kier molecular flexibility index (Phi) is 1.88. The maximum absolute atomic E-state index is 5.30. The van der Waals surface area contributed by atoms with E-state index in [0.717, 1.165) is 11.9 Å². The molecule has 1 rings (SSSR count). The fraction of sp³-hybridized carbons (Fsp3) is 0. The minimum Gasteiger partial charge on any atom is -0.336 e. The van der Waals surface area contributed by atoms with Gasteiger partial charge in [0.15, 0.2) is 0 Å². The van der Waals surface area contributed by atoms with Crippen LogP contribution in [0.15, 0.2) is 11.5 Å². The van der Waals surface area contributed by atoms with Gasteiger partial charge in [0.25, 0.3) is 0 Å². The van der Waals surface area contributed by atoms with Gasteiger partial charge >= 0.3 is 0 Å². The van der Waals surface area contributed by atoms with Crippen molar-refractivity contribution in [2.75, 3.05) is 5.84 Å². The molecule has 0 unspecified atom stereocenters. The molecule has 0 amide bonds. The van der Waals surface area contributed by atoms with E-state index >= 15 is 0 Å². The number of nitrogens with one attached hydrogen (secondary N) is 1. The summed E-state index contributed by atoms with van der Waals surface area (Å²) in [5, 5.41) is 7.65. The van der Waals surface area contributed by atoms with Crippen molar-refractivity contribution in [3.05, 3.63) is 6.33 Å². The van der Waals surface area contributed by atoms with E-state index in [1.54, 1.807) is 0 Å². The number of aromatic nitrogens is 3. The van der Waals surface area contributed by atoms with E-state index < -0.39 is 0 Å². The lowest BCUT2D eigenvalue weighted by Crippen LogP contribution is -2.15. The molecule has 0 saturated heterocycles. The molecule has 5 N–H and O–H groups in total. The van der Waals surface area contributed by atoms with Gasteiger partial charge in [-0.15, -0.1) is 10.2 Å². The molecule has 1 aromatic rings. The first-order valence-corrected chi connectivity index (χ1v) is 2.94. The zero-order chi connectivity index (χ0) is 6.69. The first kappa shape index (κ1) is 6.33. The molecule has 0 radical (unpaired) electrons. The van der Waals surface area contributed by atoms with E-state index in [-0.39, 0.29) is 0 Å². The number of hydrazine groups is 1. The Balaban J connectivity index is 2.69. The van der Waals surface area contributed by atoms with Gasteiger partial charge in [-0.1, -0.05) is 0 Å². The third-order valence-electron chi connectivity index (χ3n) is 0.690. The molecule has 0 aliphatic rings. The molecule has 0 fully saturated rings. The summed E-state index contributed by atoms with van der Waals surface area (Å²) in [5.41, 5.74) is 0. The average Bonchev–Trinajstić information content (AvgIpc) is 2.18. The highest BCUT2D eigenvalue weighted by Gasteiger charge is 1.97. The molecule has 7 heteroatoms. The summed E-state index contributed by atoms with van der Waals surface area (Å²) in [6, 6.07) is 0. The topological polar surface area (TPSA) is 94.8 Å². The van der Waals surface area contributed by atoms with Gasteiger partial charge in [-0.25, -0.2) is 4.68 Å². The van der Waals surface area contributed by atoms with Crippen molar-refractivity contribution < 1.29 is 0 Å². The van der Waals surface area contributed by atoms with Crippen molar-refractivity contribution in [2.45, 2.75) is 5.16 Å². The van der Waals surface area contributed by atoms with Gasteiger partial charge in [-0.2, -0.15) is 4.83 Å². The molecular weight excluding hydrogens is 140 g/mol. The Morgan fingerprint density at radius 3 is 3.00 bits per heavy atom. The molecule has 1 aromatic heterocycles. The standard InChI is InChI=1S/C2H6N6S/c3-7-9-2-6-5-1-8(2)4/h1,7H,3-4H2. The van der Waals surface area contributed by atoms with Crippen LogP contribution in [0.3, 0.4) is 0 Å². The summed E-state index contributed by atoms with van der Waals surface area (Å²) in [6.45, 7) is 0. The smallest absolute Gasteiger partial charge is 0.225 e. The number of nitrogens with two attached hydrogens (primary N) is 2. The molecule has 0 aliphatic carbocycles. The Labute approximate surface area is 55.7 Å². The zero-order valence-electron chi connectivity index (χ0n) is 4.48. The lowest BCUT2D eigenvalue weighted by molar-refractivity contribution is 0.839. The van der Waals surface area contributed by atoms with Gasteiger partial charge in [0.05, 0.1) is 0 Å². The highest BCUT2D eigenvalue weighted by atomic mass is 32.2. The number of hydrogen-bond donors (Lipinski definition) is 3. The molecule has 0 atom stereocenters. The average molecular weight is 146 g/mol. The van der Waals surface area contributed by atoms with Crippen LogP contribution in [0.1, 0.15) is 0 Å². The first-order valence-electron chi connectivity index (χ1n) is 2.12. The lowest BCUT2D eigenvalue weighted by Gasteiger charge is -1.94. The molecule has 50 valence electrons. The van der Waals surface area contributed by atoms with E-state index in [9.17, 15) is 0 Å². The van der Waals surface area contributed by atoms with Gasteiger partial charge < -0.3 is 5.84 Å². The normalized spacial score (nSPS) is 9.89. The van der Waals surface area contributed by atoms with Crippen molar-refractivity contribution >= 4 is 11.9 Å². The monoisotopic (exact) mass is 146 g/mol. The highest BCUT2D eigenvalue weighted by molar-refractivity contribution is 7.97. The van der Waals surface area contributed by atoms with Crippen LogP contribution in [0.4, 0.5) is 0 Å². The van der Waals surface area contributed by atoms with Crippen molar-refractivity contribution in [3.8, 4) is 0 Å². The van der Waals surface area contributed by atoms with Crippen LogP contribution in [0.2, 0.25) is 0 Å². The maximum Gasteiger partial charge on any atom is 0.225 e. The fourth-order valence-electron chi connectivity index (χ4n) is 0.358. The second-order valence-corrected chi connectivity index (χ2v) is 2.05. The second kappa shape index (κ2) is 2.67. The van der Waals surface area contributed by atoms with Crippen LogP contribution in [0.5, 0.6) is 0 Å². The largest absolute Gasteiger partial charge is 0.336 e. The first-order chi connectivity index (χ1) is 4.34. The molecule has 0 aromatic carbocycles. The maximum atomic E-state index is 5.30. The molecule has 1 heterocycles. The molecule has 0 spiro atoms. The highest BCUT2D eigenvalue weighted by Crippen LogP contribution is 2.03. The van der Waals surface area contributed by atoms with Gasteiger partial charge in [0.1, 0.15) is 6.33 Å². The summed E-state index contributed by atoms with van der Waals surface area (Å²) in [4.78, 5) is 2.32. The quantitative estimate of drug-likeness (QED) is 0.266. The Morgan fingerprint density at radius 1 is 1.78 bits per heavy atom. The van der Waals surface area contributed by atoms with Crippen LogP contribution in [0, 0.1) is 0 Å². The van der Waals surface area contributed by atoms with Gasteiger partial charge in [0.2, 0.25) is 5.16 Å². The van der Waals surface area contributed by atoms with Crippen molar-refractivity contribution in [2.24, 2.45) is 5.84 Å². The minimum atomic E-state index is 0.525. The predicted octanol–water partition coefficient (Wildman–Crippen LogP) is -1.54. The molecule has 0 aliphatic heterocycles. The van der Waals surface area contributed by atoms with E-state index in [1.807, 2.05) is 0 Å². The van der Waals surface area contributed by atoms with Crippen LogP contribution < -0.4 is 16.5 Å². The molecule has 9 heavy (non-hydrogen) atoms. The third kappa shape index (κ3) is 1.31. The SMILES string of the molecule is NNSc1nncn1N. The number of nitrogens with zero attached hydrogens (tertiary/aromatic N) is 3. The van der Waals surface area contributed by atoms with Crippen LogP contribution in [-0.4, -0.2) is 14.9 Å². The fourth-order valence-corrected chi connectivity index (χ4v) is 0.704. The van der Waals surface area contributed by atoms with E-state index in [2.05, 4.69) is 15.0 Å². The summed E-state index contributed by atoms with van der Waals surface area (Å²) < 4.78 is 1.27. The summed E-state index contributed by atoms with van der Waals surface area (Å²) in [6.07, 6.45) is 1.39. The zero-order valence-corrected chi connectivity index (χ0v) is 5.30. The lowest BCUT2D eigenvalue weighted by atomic mass is 11.2. The van der Waals surface area contributed by atoms with Crippen LogP contribution >= 0.6 is 11.9 Å². The predicted molar refractivity (Wildman–Crippen MR) is 33.4 cm³/mol. The summed E-state index contributed by atoms with van der Waals surface area (Å²) in [5.74, 6) is 10.3. The molecular formula is C2H6N6S. The summed E-state index contributed by atoms with van der Waals surface area (Å²) in [7, 11) is 0. The van der Waals surface area contributed by atoms with E-state index in [1.165, 1.54) is 11.0 Å². The van der Waals surface area contributed by atoms with Gasteiger partial charge in [-0.3, -0.25) is 5.84 Å². The van der Waals surface area contributed by atoms with Crippen LogP contribution in [0.25, 0.3) is 0 Å². The second-order valence-electron chi connectivity index (χ2n) is 1.24. The molecule has 0 saturated carbocycles. The number of nitrogen functional groups attached to an aromatic ring is 1. The third-order valence-corrected chi connectivity index (χ3v) is 1.28. The molecule has 0 bridgehead atoms. The van der Waals surface area contributed by atoms with Crippen LogP contribution in [-0.2, 0) is 0 Å². The summed E-state index contributed by atoms with van der Waals surface area (Å²) >= 11 is 1.10. The van der Waals surface area contributed by atoms with Crippen molar-refractivity contribution in [1.29, 1.82) is 0 Å². The van der Waals surface area contributed by atoms with E-state index in [4.69, 9.17) is 11.7 Å². The van der Waals surface area contributed by atoms with Gasteiger partial charge in [-0.05, 0) is 0 Å². The number of rotatable bonds is 2. The van der Waals surface area contributed by atoms with Crippen molar-refractivity contribution in [3.63, 3.8) is 0 Å². The van der Waals surface area contributed by atoms with E-state index in [0.29, 0.717) is 5.16 Å². The Morgan fingerprint density at radius 2 is 2.56 bits per heavy atom. The van der Waals surface area contributed by atoms with Gasteiger partial charge in [0, 0.05) is 11.9 Å². The van der Waals surface area contributed by atoms with Crippen molar-refractivity contribution in [1.82, 2.24) is 19.7 Å². The molecule has 6 nitrogen and oxygen atoms in total.